The molecule has 1 aromatic carbocycles. The number of pyridine rings is 1. The molecule has 3 heterocycles. The average Bonchev–Trinajstić information content (AvgIpc) is 3.45. The van der Waals surface area contributed by atoms with Gasteiger partial charge in [-0.3, -0.25) is 4.98 Å². The van der Waals surface area contributed by atoms with E-state index in [0.717, 1.165) is 22.2 Å². The van der Waals surface area contributed by atoms with Crippen molar-refractivity contribution in [1.29, 1.82) is 0 Å². The second-order valence-electron chi connectivity index (χ2n) is 8.38. The maximum absolute atomic E-state index is 5.82. The van der Waals surface area contributed by atoms with Crippen LogP contribution in [0, 0.1) is 0 Å². The van der Waals surface area contributed by atoms with Gasteiger partial charge in [0.15, 0.2) is 5.11 Å². The van der Waals surface area contributed by atoms with Gasteiger partial charge >= 0.3 is 0 Å². The van der Waals surface area contributed by atoms with Crippen molar-refractivity contribution < 1.29 is 4.74 Å². The molecule has 160 valence electrons. The molecule has 0 radical (unpaired) electrons. The smallest absolute Gasteiger partial charge is 0.174 e. The maximum atomic E-state index is 5.82. The summed E-state index contributed by atoms with van der Waals surface area (Å²) in [6.07, 6.45) is 12.9. The number of rotatable bonds is 5. The van der Waals surface area contributed by atoms with Crippen molar-refractivity contribution in [3.63, 3.8) is 0 Å². The summed E-state index contributed by atoms with van der Waals surface area (Å²) in [5.41, 5.74) is 3.30. The Bertz CT molecular complexity index is 1030. The summed E-state index contributed by atoms with van der Waals surface area (Å²) in [6, 6.07) is 17.0. The van der Waals surface area contributed by atoms with Crippen LogP contribution in [0.4, 0.5) is 5.69 Å². The molecule has 2 fully saturated rings. The lowest BCUT2D eigenvalue weighted by Gasteiger charge is -2.28. The van der Waals surface area contributed by atoms with Gasteiger partial charge < -0.3 is 19.5 Å². The van der Waals surface area contributed by atoms with Crippen LogP contribution in [-0.4, -0.2) is 21.8 Å². The van der Waals surface area contributed by atoms with Crippen LogP contribution in [0.15, 0.2) is 67.1 Å². The highest BCUT2D eigenvalue weighted by molar-refractivity contribution is 7.80. The summed E-state index contributed by atoms with van der Waals surface area (Å²) >= 11 is 5.82. The van der Waals surface area contributed by atoms with E-state index in [2.05, 4.69) is 56.4 Å². The van der Waals surface area contributed by atoms with E-state index in [1.165, 1.54) is 37.7 Å². The number of methoxy groups -OCH3 is 1. The van der Waals surface area contributed by atoms with Gasteiger partial charge in [-0.1, -0.05) is 25.3 Å². The molecular formula is C25H28N4OS. The number of aromatic nitrogens is 2. The summed E-state index contributed by atoms with van der Waals surface area (Å²) in [5, 5.41) is 4.26. The Kier molecular flexibility index (Phi) is 5.64. The third kappa shape index (κ3) is 3.92. The summed E-state index contributed by atoms with van der Waals surface area (Å²) in [6.45, 7) is 0. The molecule has 0 bridgehead atoms. The van der Waals surface area contributed by atoms with E-state index >= 15 is 0 Å². The Morgan fingerprint density at radius 2 is 1.84 bits per heavy atom. The Hall–Kier alpha value is -2.86. The van der Waals surface area contributed by atoms with E-state index in [-0.39, 0.29) is 12.1 Å². The summed E-state index contributed by atoms with van der Waals surface area (Å²) in [5.74, 6) is 0.836. The van der Waals surface area contributed by atoms with E-state index in [1.54, 1.807) is 7.11 Å². The molecule has 2 atom stereocenters. The number of anilines is 1. The van der Waals surface area contributed by atoms with Gasteiger partial charge in [0.2, 0.25) is 0 Å². The minimum atomic E-state index is -0.0157. The molecule has 0 amide bonds. The molecular weight excluding hydrogens is 404 g/mol. The van der Waals surface area contributed by atoms with E-state index in [1.807, 2.05) is 30.5 Å². The van der Waals surface area contributed by atoms with Gasteiger partial charge in [0.1, 0.15) is 5.75 Å². The first-order valence-corrected chi connectivity index (χ1v) is 11.5. The number of hydrogen-bond acceptors (Lipinski definition) is 3. The molecule has 0 spiro atoms. The SMILES string of the molecule is COc1ccc(N2C(=S)NC(c3ccccn3)C2c2ccn(C3CCCCC3)c2)cc1. The molecule has 3 aromatic rings. The fourth-order valence-electron chi connectivity index (χ4n) is 4.93. The van der Waals surface area contributed by atoms with Crippen LogP contribution in [-0.2, 0) is 0 Å². The zero-order chi connectivity index (χ0) is 21.2. The Balaban J connectivity index is 1.53. The Morgan fingerprint density at radius 3 is 2.55 bits per heavy atom. The third-order valence-electron chi connectivity index (χ3n) is 6.52. The van der Waals surface area contributed by atoms with Crippen molar-refractivity contribution >= 4 is 23.0 Å². The van der Waals surface area contributed by atoms with Crippen molar-refractivity contribution in [2.45, 2.75) is 50.2 Å². The minimum Gasteiger partial charge on any atom is -0.497 e. The Labute approximate surface area is 189 Å². The zero-order valence-corrected chi connectivity index (χ0v) is 18.6. The van der Waals surface area contributed by atoms with Crippen molar-refractivity contribution in [3.05, 3.63) is 78.4 Å². The van der Waals surface area contributed by atoms with Gasteiger partial charge in [0.05, 0.1) is 24.9 Å². The predicted molar refractivity (Wildman–Crippen MR) is 127 cm³/mol. The van der Waals surface area contributed by atoms with E-state index in [9.17, 15) is 0 Å². The highest BCUT2D eigenvalue weighted by Gasteiger charge is 2.41. The van der Waals surface area contributed by atoms with Crippen LogP contribution in [0.1, 0.15) is 61.5 Å². The lowest BCUT2D eigenvalue weighted by atomic mass is 9.95. The second kappa shape index (κ2) is 8.71. The lowest BCUT2D eigenvalue weighted by Crippen LogP contribution is -2.29. The van der Waals surface area contributed by atoms with Crippen LogP contribution in [0.3, 0.4) is 0 Å². The monoisotopic (exact) mass is 432 g/mol. The normalized spacial score (nSPS) is 21.8. The predicted octanol–water partition coefficient (Wildman–Crippen LogP) is 5.57. The van der Waals surface area contributed by atoms with Crippen LogP contribution < -0.4 is 15.0 Å². The number of nitrogens with zero attached hydrogens (tertiary/aromatic N) is 3. The molecule has 6 heteroatoms. The van der Waals surface area contributed by atoms with E-state index in [0.29, 0.717) is 6.04 Å². The van der Waals surface area contributed by atoms with Gasteiger partial charge in [-0.05, 0) is 73.1 Å². The number of hydrogen-bond donors (Lipinski definition) is 1. The van der Waals surface area contributed by atoms with Crippen molar-refractivity contribution in [3.8, 4) is 5.75 Å². The van der Waals surface area contributed by atoms with E-state index in [4.69, 9.17) is 17.0 Å². The van der Waals surface area contributed by atoms with Gasteiger partial charge in [-0.25, -0.2) is 0 Å². The number of ether oxygens (including phenoxy) is 1. The standard InChI is InChI=1S/C25H28N4OS/c1-30-21-12-10-20(11-13-21)29-24(23(27-25(29)31)22-9-5-6-15-26-22)18-14-16-28(17-18)19-7-3-2-4-8-19/h5-6,9-17,19,23-24H,2-4,7-8H2,1H3,(H,27,31). The lowest BCUT2D eigenvalue weighted by molar-refractivity contribution is 0.353. The van der Waals surface area contributed by atoms with Crippen LogP contribution >= 0.6 is 12.2 Å². The molecule has 1 saturated heterocycles. The summed E-state index contributed by atoms with van der Waals surface area (Å²) < 4.78 is 7.76. The molecule has 2 aromatic heterocycles. The third-order valence-corrected chi connectivity index (χ3v) is 6.84. The highest BCUT2D eigenvalue weighted by atomic mass is 32.1. The fourth-order valence-corrected chi connectivity index (χ4v) is 5.27. The van der Waals surface area contributed by atoms with Gasteiger partial charge in [-0.15, -0.1) is 0 Å². The highest BCUT2D eigenvalue weighted by Crippen LogP contribution is 2.42. The first-order valence-electron chi connectivity index (χ1n) is 11.1. The molecule has 5 nitrogen and oxygen atoms in total. The summed E-state index contributed by atoms with van der Waals surface area (Å²) in [7, 11) is 1.69. The minimum absolute atomic E-state index is 0.0157. The van der Waals surface area contributed by atoms with E-state index < -0.39 is 0 Å². The van der Waals surface area contributed by atoms with Crippen LogP contribution in [0.25, 0.3) is 0 Å². The van der Waals surface area contributed by atoms with Crippen molar-refractivity contribution in [2.24, 2.45) is 0 Å². The zero-order valence-electron chi connectivity index (χ0n) is 17.8. The summed E-state index contributed by atoms with van der Waals surface area (Å²) in [4.78, 5) is 6.86. The van der Waals surface area contributed by atoms with Gasteiger partial charge in [-0.2, -0.15) is 0 Å². The van der Waals surface area contributed by atoms with Crippen LogP contribution in [0.5, 0.6) is 5.75 Å². The molecule has 5 rings (SSSR count). The number of thiocarbonyl (C=S) groups is 1. The quantitative estimate of drug-likeness (QED) is 0.534. The largest absolute Gasteiger partial charge is 0.497 e. The average molecular weight is 433 g/mol. The second-order valence-corrected chi connectivity index (χ2v) is 8.77. The number of benzene rings is 1. The molecule has 1 saturated carbocycles. The van der Waals surface area contributed by atoms with Crippen molar-refractivity contribution in [1.82, 2.24) is 14.9 Å². The maximum Gasteiger partial charge on any atom is 0.174 e. The molecule has 31 heavy (non-hydrogen) atoms. The first kappa shape index (κ1) is 20.1. The first-order chi connectivity index (χ1) is 15.2. The van der Waals surface area contributed by atoms with Gasteiger partial charge in [0, 0.05) is 30.3 Å². The molecule has 1 aliphatic carbocycles. The van der Waals surface area contributed by atoms with Crippen molar-refractivity contribution in [2.75, 3.05) is 12.0 Å². The Morgan fingerprint density at radius 1 is 1.03 bits per heavy atom. The molecule has 1 N–H and O–H groups in total. The molecule has 1 aliphatic heterocycles. The van der Waals surface area contributed by atoms with Crippen LogP contribution in [0.2, 0.25) is 0 Å². The number of nitrogens with one attached hydrogen (secondary N) is 1. The molecule has 2 aliphatic rings. The topological polar surface area (TPSA) is 42.3 Å². The fraction of sp³-hybridized carbons (Fsp3) is 0.360. The van der Waals surface area contributed by atoms with Gasteiger partial charge in [0.25, 0.3) is 0 Å². The molecule has 2 unspecified atom stereocenters.